The van der Waals surface area contributed by atoms with Crippen molar-refractivity contribution >= 4 is 28.0 Å². The van der Waals surface area contributed by atoms with E-state index in [4.69, 9.17) is 9.47 Å². The zero-order valence-corrected chi connectivity index (χ0v) is 13.9. The van der Waals surface area contributed by atoms with Crippen molar-refractivity contribution in [3.05, 3.63) is 6.07 Å². The summed E-state index contributed by atoms with van der Waals surface area (Å²) < 4.78 is 32.0. The van der Waals surface area contributed by atoms with Crippen LogP contribution in [0.15, 0.2) is 16.3 Å². The highest BCUT2D eigenvalue weighted by atomic mass is 32.2. The lowest BCUT2D eigenvalue weighted by molar-refractivity contribution is 0.364. The van der Waals surface area contributed by atoms with Gasteiger partial charge < -0.3 is 9.47 Å². The van der Waals surface area contributed by atoms with Crippen molar-refractivity contribution in [3.63, 3.8) is 0 Å². The molecule has 21 heavy (non-hydrogen) atoms. The lowest BCUT2D eigenvalue weighted by Gasteiger charge is -2.10. The van der Waals surface area contributed by atoms with Crippen LogP contribution in [0.25, 0.3) is 0 Å². The standard InChI is InChI=1S/C11H18N4O4S2/c1-5-8(7-12-15-21(4,16)17)20-11-13-9(18-2)6-10(14-11)19-3/h6-8,15H,5H2,1-4H3. The number of rotatable bonds is 8. The van der Waals surface area contributed by atoms with Crippen LogP contribution in [0.4, 0.5) is 0 Å². The van der Waals surface area contributed by atoms with Crippen molar-refractivity contribution in [1.29, 1.82) is 0 Å². The number of hydrogen-bond donors (Lipinski definition) is 1. The second-order valence-corrected chi connectivity index (χ2v) is 6.87. The van der Waals surface area contributed by atoms with Gasteiger partial charge in [-0.25, -0.2) is 13.2 Å². The molecule has 1 aromatic rings. The minimum absolute atomic E-state index is 0.0870. The molecule has 0 saturated heterocycles. The molecule has 0 amide bonds. The highest BCUT2D eigenvalue weighted by Gasteiger charge is 2.12. The van der Waals surface area contributed by atoms with Crippen molar-refractivity contribution in [2.24, 2.45) is 5.10 Å². The summed E-state index contributed by atoms with van der Waals surface area (Å²) in [6, 6.07) is 1.57. The van der Waals surface area contributed by atoms with Gasteiger partial charge in [0.2, 0.25) is 21.8 Å². The number of nitrogens with zero attached hydrogens (tertiary/aromatic N) is 3. The number of nitrogens with one attached hydrogen (secondary N) is 1. The molecular formula is C11H18N4O4S2. The van der Waals surface area contributed by atoms with Crippen molar-refractivity contribution in [2.75, 3.05) is 20.5 Å². The normalized spacial score (nSPS) is 13.1. The number of ether oxygens (including phenoxy) is 2. The van der Waals surface area contributed by atoms with Gasteiger partial charge in [-0.05, 0) is 6.42 Å². The van der Waals surface area contributed by atoms with Gasteiger partial charge in [-0.1, -0.05) is 18.7 Å². The smallest absolute Gasteiger partial charge is 0.244 e. The predicted molar refractivity (Wildman–Crippen MR) is 81.5 cm³/mol. The first-order chi connectivity index (χ1) is 9.87. The van der Waals surface area contributed by atoms with Crippen molar-refractivity contribution in [2.45, 2.75) is 23.8 Å². The zero-order chi connectivity index (χ0) is 15.9. The Bertz CT molecular complexity index is 570. The van der Waals surface area contributed by atoms with Crippen LogP contribution >= 0.6 is 11.8 Å². The summed E-state index contributed by atoms with van der Waals surface area (Å²) in [6.45, 7) is 1.95. The Hall–Kier alpha value is -1.55. The summed E-state index contributed by atoms with van der Waals surface area (Å²) >= 11 is 1.33. The minimum atomic E-state index is -3.35. The number of methoxy groups -OCH3 is 2. The fraction of sp³-hybridized carbons (Fsp3) is 0.545. The molecular weight excluding hydrogens is 316 g/mol. The molecule has 0 aliphatic rings. The number of hydrazone groups is 1. The van der Waals surface area contributed by atoms with Crippen LogP contribution in [0.1, 0.15) is 13.3 Å². The fourth-order valence-corrected chi connectivity index (χ4v) is 2.31. The van der Waals surface area contributed by atoms with E-state index in [2.05, 4.69) is 19.9 Å². The van der Waals surface area contributed by atoms with Crippen molar-refractivity contribution in [3.8, 4) is 11.8 Å². The van der Waals surface area contributed by atoms with E-state index < -0.39 is 10.0 Å². The van der Waals surface area contributed by atoms with Gasteiger partial charge >= 0.3 is 0 Å². The number of hydrogen-bond acceptors (Lipinski definition) is 8. The van der Waals surface area contributed by atoms with E-state index in [0.717, 1.165) is 12.7 Å². The number of thioether (sulfide) groups is 1. The Labute approximate surface area is 128 Å². The maximum atomic E-state index is 10.9. The molecule has 0 aromatic carbocycles. The maximum Gasteiger partial charge on any atom is 0.244 e. The van der Waals surface area contributed by atoms with Gasteiger partial charge in [-0.15, -0.1) is 0 Å². The molecule has 1 N–H and O–H groups in total. The third-order valence-corrected chi connectivity index (χ3v) is 3.78. The van der Waals surface area contributed by atoms with Gasteiger partial charge in [-0.3, -0.25) is 0 Å². The van der Waals surface area contributed by atoms with Crippen molar-refractivity contribution < 1.29 is 17.9 Å². The summed E-state index contributed by atoms with van der Waals surface area (Å²) in [4.78, 5) is 10.4. The summed E-state index contributed by atoms with van der Waals surface area (Å²) in [5, 5.41) is 4.07. The van der Waals surface area contributed by atoms with Crippen LogP contribution in [0, 0.1) is 0 Å². The average molecular weight is 334 g/mol. The minimum Gasteiger partial charge on any atom is -0.481 e. The highest BCUT2D eigenvalue weighted by Crippen LogP contribution is 2.25. The summed E-state index contributed by atoms with van der Waals surface area (Å²) in [6.07, 6.45) is 3.26. The molecule has 1 rings (SSSR count). The second-order valence-electron chi connectivity index (χ2n) is 3.94. The van der Waals surface area contributed by atoms with Crippen LogP contribution in [0.3, 0.4) is 0 Å². The quantitative estimate of drug-likeness (QED) is 0.326. The first kappa shape index (κ1) is 17.5. The molecule has 0 aliphatic carbocycles. The Balaban J connectivity index is 2.81. The monoisotopic (exact) mass is 334 g/mol. The van der Waals surface area contributed by atoms with E-state index >= 15 is 0 Å². The Morgan fingerprint density at radius 2 is 1.95 bits per heavy atom. The third-order valence-electron chi connectivity index (χ3n) is 2.20. The average Bonchev–Trinajstić information content (AvgIpc) is 2.44. The number of sulfonamides is 1. The van der Waals surface area contributed by atoms with E-state index in [-0.39, 0.29) is 5.25 Å². The van der Waals surface area contributed by atoms with Gasteiger partial charge in [0, 0.05) is 11.5 Å². The number of aromatic nitrogens is 2. The molecule has 0 saturated carbocycles. The van der Waals surface area contributed by atoms with E-state index in [1.54, 1.807) is 6.07 Å². The molecule has 0 bridgehead atoms. The Kier molecular flexibility index (Phi) is 6.69. The predicted octanol–water partition coefficient (Wildman–Crippen LogP) is 0.899. The lowest BCUT2D eigenvalue weighted by atomic mass is 10.4. The Morgan fingerprint density at radius 1 is 1.38 bits per heavy atom. The molecule has 0 radical (unpaired) electrons. The Morgan fingerprint density at radius 3 is 2.38 bits per heavy atom. The molecule has 1 aromatic heterocycles. The molecule has 0 spiro atoms. The molecule has 1 unspecified atom stereocenters. The highest BCUT2D eigenvalue weighted by molar-refractivity contribution is 8.00. The van der Waals surface area contributed by atoms with Gasteiger partial charge in [0.15, 0.2) is 5.16 Å². The van der Waals surface area contributed by atoms with Gasteiger partial charge in [0.25, 0.3) is 0 Å². The lowest BCUT2D eigenvalue weighted by Crippen LogP contribution is -2.17. The van der Waals surface area contributed by atoms with Crippen LogP contribution in [-0.2, 0) is 10.0 Å². The van der Waals surface area contributed by atoms with E-state index in [9.17, 15) is 8.42 Å². The first-order valence-electron chi connectivity index (χ1n) is 6.01. The van der Waals surface area contributed by atoms with Crippen LogP contribution in [0.5, 0.6) is 11.8 Å². The molecule has 1 heterocycles. The van der Waals surface area contributed by atoms with Crippen LogP contribution in [-0.4, -0.2) is 50.3 Å². The summed E-state index contributed by atoms with van der Waals surface area (Å²) in [7, 11) is -0.341. The molecule has 118 valence electrons. The third kappa shape index (κ3) is 6.63. The molecule has 0 fully saturated rings. The topological polar surface area (TPSA) is 103 Å². The van der Waals surface area contributed by atoms with Crippen LogP contribution in [0.2, 0.25) is 0 Å². The fourth-order valence-electron chi connectivity index (χ4n) is 1.21. The second kappa shape index (κ2) is 8.03. The van der Waals surface area contributed by atoms with Crippen molar-refractivity contribution in [1.82, 2.24) is 14.8 Å². The van der Waals surface area contributed by atoms with E-state index in [1.807, 2.05) is 6.92 Å². The zero-order valence-electron chi connectivity index (χ0n) is 12.2. The van der Waals surface area contributed by atoms with Crippen LogP contribution < -0.4 is 14.3 Å². The summed E-state index contributed by atoms with van der Waals surface area (Å²) in [5.41, 5.74) is 0. The van der Waals surface area contributed by atoms with Gasteiger partial charge in [0.05, 0.1) is 26.5 Å². The molecule has 8 nitrogen and oxygen atoms in total. The maximum absolute atomic E-state index is 10.9. The van der Waals surface area contributed by atoms with Gasteiger partial charge in [-0.2, -0.15) is 15.1 Å². The molecule has 10 heteroatoms. The largest absolute Gasteiger partial charge is 0.481 e. The first-order valence-corrected chi connectivity index (χ1v) is 8.78. The van der Waals surface area contributed by atoms with E-state index in [0.29, 0.717) is 16.9 Å². The van der Waals surface area contributed by atoms with Gasteiger partial charge in [0.1, 0.15) is 0 Å². The van der Waals surface area contributed by atoms with E-state index in [1.165, 1.54) is 32.2 Å². The SMILES string of the molecule is CCC(C=NNS(C)(=O)=O)Sc1nc(OC)cc(OC)n1. The summed E-state index contributed by atoms with van der Waals surface area (Å²) in [5.74, 6) is 0.788. The molecule has 1 atom stereocenters. The molecule has 0 aliphatic heterocycles.